The molecule has 2 heterocycles. The number of aromatic nitrogens is 4. The van der Waals surface area contributed by atoms with Gasteiger partial charge in [-0.2, -0.15) is 5.10 Å². The highest BCUT2D eigenvalue weighted by atomic mass is 16.1. The van der Waals surface area contributed by atoms with Crippen molar-refractivity contribution in [1.29, 1.82) is 0 Å². The molecule has 0 bridgehead atoms. The quantitative estimate of drug-likeness (QED) is 0.636. The molecule has 0 radical (unpaired) electrons. The van der Waals surface area contributed by atoms with Crippen LogP contribution < -0.4 is 0 Å². The second-order valence-electron chi connectivity index (χ2n) is 3.95. The van der Waals surface area contributed by atoms with Gasteiger partial charge in [-0.05, 0) is 6.07 Å². The topological polar surface area (TPSA) is 60.7 Å². The number of benzene rings is 1. The minimum Gasteiger partial charge on any atom is -0.287 e. The molecule has 0 saturated heterocycles. The second kappa shape index (κ2) is 4.03. The number of rotatable bonds is 2. The Balaban J connectivity index is 2.19. The normalized spacial score (nSPS) is 10.7. The minimum absolute atomic E-state index is 0.160. The summed E-state index contributed by atoms with van der Waals surface area (Å²) in [6.45, 7) is 0. The van der Waals surface area contributed by atoms with Gasteiger partial charge < -0.3 is 0 Å². The predicted octanol–water partition coefficient (Wildman–Crippen LogP) is 1.59. The summed E-state index contributed by atoms with van der Waals surface area (Å²) in [5.74, 6) is -0.160. The van der Waals surface area contributed by atoms with E-state index in [0.29, 0.717) is 11.3 Å². The van der Waals surface area contributed by atoms with Gasteiger partial charge in [0.15, 0.2) is 0 Å². The van der Waals surface area contributed by atoms with Crippen LogP contribution in [0.2, 0.25) is 0 Å². The van der Waals surface area contributed by atoms with Crippen molar-refractivity contribution in [2.45, 2.75) is 0 Å². The molecule has 0 atom stereocenters. The largest absolute Gasteiger partial charge is 0.287 e. The van der Waals surface area contributed by atoms with Gasteiger partial charge in [-0.1, -0.05) is 18.2 Å². The summed E-state index contributed by atoms with van der Waals surface area (Å²) in [5, 5.41) is 5.12. The van der Waals surface area contributed by atoms with Crippen LogP contribution in [0.25, 0.3) is 10.9 Å². The van der Waals surface area contributed by atoms with Gasteiger partial charge in [-0.3, -0.25) is 9.48 Å². The Labute approximate surface area is 103 Å². The lowest BCUT2D eigenvalue weighted by molar-refractivity contribution is 0.103. The molecular weight excluding hydrogens is 228 g/mol. The number of ketones is 1. The Morgan fingerprint density at radius 1 is 1.17 bits per heavy atom. The fourth-order valence-corrected chi connectivity index (χ4v) is 1.93. The van der Waals surface area contributed by atoms with E-state index in [9.17, 15) is 4.79 Å². The van der Waals surface area contributed by atoms with Crippen LogP contribution in [0.15, 0.2) is 43.0 Å². The van der Waals surface area contributed by atoms with Crippen LogP contribution in [0.3, 0.4) is 0 Å². The number of hydrogen-bond donors (Lipinski definition) is 0. The van der Waals surface area contributed by atoms with Crippen LogP contribution in [-0.4, -0.2) is 25.5 Å². The lowest BCUT2D eigenvalue weighted by Crippen LogP contribution is -2.04. The van der Waals surface area contributed by atoms with E-state index < -0.39 is 0 Å². The maximum atomic E-state index is 12.3. The molecule has 1 aromatic carbocycles. The minimum atomic E-state index is -0.160. The first-order chi connectivity index (χ1) is 8.77. The van der Waals surface area contributed by atoms with Crippen LogP contribution in [0.1, 0.15) is 16.1 Å². The monoisotopic (exact) mass is 238 g/mol. The van der Waals surface area contributed by atoms with Crippen molar-refractivity contribution in [3.63, 3.8) is 0 Å². The van der Waals surface area contributed by atoms with Crippen molar-refractivity contribution >= 4 is 16.7 Å². The van der Waals surface area contributed by atoms with E-state index in [1.54, 1.807) is 4.68 Å². The molecule has 0 unspecified atom stereocenters. The Morgan fingerprint density at radius 3 is 2.67 bits per heavy atom. The zero-order valence-electron chi connectivity index (χ0n) is 9.74. The maximum Gasteiger partial charge on any atom is 0.216 e. The molecule has 2 aromatic heterocycles. The molecule has 0 aliphatic rings. The van der Waals surface area contributed by atoms with E-state index in [1.165, 1.54) is 18.7 Å². The molecule has 0 amide bonds. The first-order valence-electron chi connectivity index (χ1n) is 5.49. The molecule has 0 spiro atoms. The van der Waals surface area contributed by atoms with E-state index in [0.717, 1.165) is 10.9 Å². The summed E-state index contributed by atoms with van der Waals surface area (Å²) in [7, 11) is 1.82. The molecule has 5 heteroatoms. The second-order valence-corrected chi connectivity index (χ2v) is 3.95. The number of para-hydroxylation sites is 1. The van der Waals surface area contributed by atoms with Gasteiger partial charge >= 0.3 is 0 Å². The first kappa shape index (κ1) is 10.6. The maximum absolute atomic E-state index is 12.3. The van der Waals surface area contributed by atoms with E-state index in [2.05, 4.69) is 15.1 Å². The van der Waals surface area contributed by atoms with Crippen LogP contribution in [0.4, 0.5) is 0 Å². The third kappa shape index (κ3) is 1.57. The Kier molecular flexibility index (Phi) is 2.37. The van der Waals surface area contributed by atoms with Gasteiger partial charge in [-0.15, -0.1) is 0 Å². The van der Waals surface area contributed by atoms with Crippen molar-refractivity contribution in [3.8, 4) is 0 Å². The zero-order valence-corrected chi connectivity index (χ0v) is 9.74. The summed E-state index contributed by atoms with van der Waals surface area (Å²) < 4.78 is 1.70. The van der Waals surface area contributed by atoms with Gasteiger partial charge in [0.05, 0.1) is 11.1 Å². The molecule has 0 aliphatic heterocycles. The molecule has 0 saturated carbocycles. The van der Waals surface area contributed by atoms with Crippen molar-refractivity contribution in [1.82, 2.24) is 19.7 Å². The van der Waals surface area contributed by atoms with E-state index in [-0.39, 0.29) is 5.78 Å². The molecule has 0 N–H and O–H groups in total. The Hall–Kier alpha value is -2.56. The molecule has 5 nitrogen and oxygen atoms in total. The Morgan fingerprint density at radius 2 is 1.89 bits per heavy atom. The van der Waals surface area contributed by atoms with Crippen molar-refractivity contribution < 1.29 is 4.79 Å². The lowest BCUT2D eigenvalue weighted by atomic mass is 10.1. The first-order valence-corrected chi connectivity index (χ1v) is 5.49. The smallest absolute Gasteiger partial charge is 0.216 e. The van der Waals surface area contributed by atoms with E-state index in [4.69, 9.17) is 0 Å². The fraction of sp³-hybridized carbons (Fsp3) is 0.0769. The van der Waals surface area contributed by atoms with Crippen LogP contribution in [0, 0.1) is 0 Å². The average Bonchev–Trinajstić information content (AvgIpc) is 2.77. The van der Waals surface area contributed by atoms with Crippen LogP contribution >= 0.6 is 0 Å². The number of aryl methyl sites for hydroxylation is 1. The molecular formula is C13H10N4O. The number of fused-ring (bicyclic) bond motifs is 1. The SMILES string of the molecule is Cn1nc(C(=O)c2cncnc2)c2ccccc21. The van der Waals surface area contributed by atoms with E-state index in [1.807, 2.05) is 31.3 Å². The number of nitrogens with zero attached hydrogens (tertiary/aromatic N) is 4. The van der Waals surface area contributed by atoms with Crippen molar-refractivity contribution in [2.75, 3.05) is 0 Å². The van der Waals surface area contributed by atoms with Crippen LogP contribution in [0.5, 0.6) is 0 Å². The summed E-state index contributed by atoms with van der Waals surface area (Å²) in [6.07, 6.45) is 4.39. The predicted molar refractivity (Wildman–Crippen MR) is 66.2 cm³/mol. The van der Waals surface area contributed by atoms with E-state index >= 15 is 0 Å². The summed E-state index contributed by atoms with van der Waals surface area (Å²) in [6, 6.07) is 7.63. The number of carbonyl (C=O) groups is 1. The highest BCUT2D eigenvalue weighted by Crippen LogP contribution is 2.19. The number of hydrogen-bond acceptors (Lipinski definition) is 4. The molecule has 0 aliphatic carbocycles. The molecule has 3 aromatic rings. The van der Waals surface area contributed by atoms with Gasteiger partial charge in [0.25, 0.3) is 0 Å². The third-order valence-corrected chi connectivity index (χ3v) is 2.80. The van der Waals surface area contributed by atoms with Crippen molar-refractivity contribution in [3.05, 3.63) is 54.2 Å². The van der Waals surface area contributed by atoms with Gasteiger partial charge in [0.1, 0.15) is 12.0 Å². The highest BCUT2D eigenvalue weighted by Gasteiger charge is 2.17. The molecule has 18 heavy (non-hydrogen) atoms. The molecule has 3 rings (SSSR count). The third-order valence-electron chi connectivity index (χ3n) is 2.80. The van der Waals surface area contributed by atoms with Crippen molar-refractivity contribution in [2.24, 2.45) is 7.05 Å². The Bertz CT molecular complexity index is 718. The zero-order chi connectivity index (χ0) is 12.5. The van der Waals surface area contributed by atoms with Gasteiger partial charge in [0.2, 0.25) is 5.78 Å². The summed E-state index contributed by atoms with van der Waals surface area (Å²) >= 11 is 0. The van der Waals surface area contributed by atoms with Gasteiger partial charge in [0, 0.05) is 24.8 Å². The van der Waals surface area contributed by atoms with Gasteiger partial charge in [-0.25, -0.2) is 9.97 Å². The fourth-order valence-electron chi connectivity index (χ4n) is 1.93. The van der Waals surface area contributed by atoms with Crippen LogP contribution in [-0.2, 0) is 7.05 Å². The average molecular weight is 238 g/mol. The highest BCUT2D eigenvalue weighted by molar-refractivity contribution is 6.14. The molecule has 0 fully saturated rings. The standard InChI is InChI=1S/C13H10N4O/c1-17-11-5-3-2-4-10(11)12(16-17)13(18)9-6-14-8-15-7-9/h2-8H,1H3. The lowest BCUT2D eigenvalue weighted by Gasteiger charge is -1.96. The summed E-state index contributed by atoms with van der Waals surface area (Å²) in [4.78, 5) is 20.0. The number of carbonyl (C=O) groups excluding carboxylic acids is 1. The molecule has 88 valence electrons. The summed E-state index contributed by atoms with van der Waals surface area (Å²) in [5.41, 5.74) is 1.81.